The van der Waals surface area contributed by atoms with Crippen molar-refractivity contribution in [2.24, 2.45) is 5.92 Å². The van der Waals surface area contributed by atoms with Crippen LogP contribution in [-0.2, 0) is 0 Å². The van der Waals surface area contributed by atoms with Crippen molar-refractivity contribution >= 4 is 34.8 Å². The minimum Gasteiger partial charge on any atom is -0.336 e. The van der Waals surface area contributed by atoms with Crippen LogP contribution in [-0.4, -0.2) is 34.5 Å². The minimum absolute atomic E-state index is 0.143. The highest BCUT2D eigenvalue weighted by molar-refractivity contribution is 5.91. The zero-order valence-corrected chi connectivity index (χ0v) is 16.2. The van der Waals surface area contributed by atoms with Gasteiger partial charge in [0, 0.05) is 42.2 Å². The standard InChI is InChI=1S/C19H20N6O6/c26-18(21-13-3-1-5-15(9-13)24(28)29)20-11-17(12-7-8-12)23-19(27)22-14-4-2-6-16(10-14)25(30)31/h1-6,9-10,12,17H,7-8,11H2,(H2,20,21,26)(H2,22,23,27)/t17-/m0/s1. The van der Waals surface area contributed by atoms with E-state index in [0.29, 0.717) is 0 Å². The largest absolute Gasteiger partial charge is 0.336 e. The molecule has 0 unspecified atom stereocenters. The van der Waals surface area contributed by atoms with E-state index in [2.05, 4.69) is 21.3 Å². The molecule has 4 N–H and O–H groups in total. The number of urea groups is 2. The quantitative estimate of drug-likeness (QED) is 0.372. The molecular formula is C19H20N6O6. The number of nitro benzene ring substituents is 2. The molecule has 4 amide bonds. The number of anilines is 2. The van der Waals surface area contributed by atoms with Crippen LogP contribution in [0.2, 0.25) is 0 Å². The fourth-order valence-corrected chi connectivity index (χ4v) is 2.94. The van der Waals surface area contributed by atoms with E-state index in [0.717, 1.165) is 12.8 Å². The lowest BCUT2D eigenvalue weighted by atomic mass is 10.2. The van der Waals surface area contributed by atoms with Crippen molar-refractivity contribution in [1.29, 1.82) is 0 Å². The average Bonchev–Trinajstić information content (AvgIpc) is 3.56. The third-order valence-electron chi connectivity index (χ3n) is 4.62. The molecule has 3 rings (SSSR count). The second kappa shape index (κ2) is 9.52. The highest BCUT2D eigenvalue weighted by Crippen LogP contribution is 2.32. The molecule has 0 radical (unpaired) electrons. The van der Waals surface area contributed by atoms with Crippen LogP contribution in [0.4, 0.5) is 32.3 Å². The van der Waals surface area contributed by atoms with Crippen molar-refractivity contribution < 1.29 is 19.4 Å². The fourth-order valence-electron chi connectivity index (χ4n) is 2.94. The summed E-state index contributed by atoms with van der Waals surface area (Å²) in [5.41, 5.74) is 0.257. The highest BCUT2D eigenvalue weighted by Gasteiger charge is 2.32. The summed E-state index contributed by atoms with van der Waals surface area (Å²) >= 11 is 0. The van der Waals surface area contributed by atoms with Crippen molar-refractivity contribution in [1.82, 2.24) is 10.6 Å². The molecule has 12 heteroatoms. The lowest BCUT2D eigenvalue weighted by molar-refractivity contribution is -0.385. The lowest BCUT2D eigenvalue weighted by Gasteiger charge is -2.19. The maximum atomic E-state index is 12.3. The Morgan fingerprint density at radius 3 is 1.90 bits per heavy atom. The van der Waals surface area contributed by atoms with Crippen LogP contribution >= 0.6 is 0 Å². The summed E-state index contributed by atoms with van der Waals surface area (Å²) in [6.07, 6.45) is 1.80. The molecule has 0 spiro atoms. The number of nitrogens with zero attached hydrogens (tertiary/aromatic N) is 2. The van der Waals surface area contributed by atoms with Crippen molar-refractivity contribution in [2.75, 3.05) is 17.2 Å². The first-order valence-electron chi connectivity index (χ1n) is 9.43. The van der Waals surface area contributed by atoms with Gasteiger partial charge in [0.05, 0.1) is 15.9 Å². The van der Waals surface area contributed by atoms with Crippen molar-refractivity contribution in [3.63, 3.8) is 0 Å². The normalized spacial score (nSPS) is 13.5. The van der Waals surface area contributed by atoms with E-state index in [1.807, 2.05) is 0 Å². The molecule has 31 heavy (non-hydrogen) atoms. The fraction of sp³-hybridized carbons (Fsp3) is 0.263. The van der Waals surface area contributed by atoms with Crippen LogP contribution in [0.15, 0.2) is 48.5 Å². The maximum absolute atomic E-state index is 12.3. The van der Waals surface area contributed by atoms with Gasteiger partial charge in [0.2, 0.25) is 0 Å². The first-order valence-corrected chi connectivity index (χ1v) is 9.43. The summed E-state index contributed by atoms with van der Waals surface area (Å²) in [6.45, 7) is 0.147. The van der Waals surface area contributed by atoms with Crippen LogP contribution in [0, 0.1) is 26.1 Å². The van der Waals surface area contributed by atoms with Crippen LogP contribution in [0.5, 0.6) is 0 Å². The maximum Gasteiger partial charge on any atom is 0.319 e. The molecule has 0 heterocycles. The Kier molecular flexibility index (Phi) is 6.60. The van der Waals surface area contributed by atoms with Gasteiger partial charge in [0.15, 0.2) is 0 Å². The number of hydrogen-bond acceptors (Lipinski definition) is 6. The number of carbonyl (C=O) groups excluding carboxylic acids is 2. The Labute approximate surface area is 176 Å². The Morgan fingerprint density at radius 2 is 1.42 bits per heavy atom. The monoisotopic (exact) mass is 428 g/mol. The number of amides is 4. The predicted molar refractivity (Wildman–Crippen MR) is 112 cm³/mol. The third-order valence-corrected chi connectivity index (χ3v) is 4.62. The number of hydrogen-bond donors (Lipinski definition) is 4. The van der Waals surface area contributed by atoms with Crippen molar-refractivity contribution in [3.8, 4) is 0 Å². The van der Waals surface area contributed by atoms with Crippen LogP contribution < -0.4 is 21.3 Å². The zero-order chi connectivity index (χ0) is 22.4. The van der Waals surface area contributed by atoms with E-state index < -0.39 is 21.9 Å². The van der Waals surface area contributed by atoms with E-state index >= 15 is 0 Å². The van der Waals surface area contributed by atoms with Crippen LogP contribution in [0.3, 0.4) is 0 Å². The van der Waals surface area contributed by atoms with E-state index in [1.54, 1.807) is 0 Å². The van der Waals surface area contributed by atoms with Gasteiger partial charge in [-0.05, 0) is 30.9 Å². The van der Waals surface area contributed by atoms with Gasteiger partial charge in [-0.1, -0.05) is 12.1 Å². The summed E-state index contributed by atoms with van der Waals surface area (Å²) in [5.74, 6) is 0.203. The number of rotatable bonds is 8. The van der Waals surface area contributed by atoms with Crippen LogP contribution in [0.25, 0.3) is 0 Å². The van der Waals surface area contributed by atoms with E-state index in [9.17, 15) is 29.8 Å². The second-order valence-corrected chi connectivity index (χ2v) is 6.99. The lowest BCUT2D eigenvalue weighted by Crippen LogP contribution is -2.47. The number of non-ortho nitro benzene ring substituents is 2. The molecule has 1 saturated carbocycles. The van der Waals surface area contributed by atoms with Crippen LogP contribution in [0.1, 0.15) is 12.8 Å². The number of nitrogens with one attached hydrogen (secondary N) is 4. The van der Waals surface area contributed by atoms with Crippen molar-refractivity contribution in [3.05, 3.63) is 68.8 Å². The van der Waals surface area contributed by atoms with E-state index in [-0.39, 0.29) is 41.3 Å². The summed E-state index contributed by atoms with van der Waals surface area (Å²) in [7, 11) is 0. The molecule has 1 aliphatic carbocycles. The molecule has 12 nitrogen and oxygen atoms in total. The molecular weight excluding hydrogens is 408 g/mol. The summed E-state index contributed by atoms with van der Waals surface area (Å²) in [4.78, 5) is 45.0. The Morgan fingerprint density at radius 1 is 0.903 bits per heavy atom. The zero-order valence-electron chi connectivity index (χ0n) is 16.2. The first-order chi connectivity index (χ1) is 14.8. The molecule has 0 aromatic heterocycles. The SMILES string of the molecule is O=C(NC[C@H](NC(=O)Nc1cccc([N+](=O)[O-])c1)C1CC1)Nc1cccc([N+](=O)[O-])c1. The molecule has 1 aliphatic rings. The molecule has 0 aliphatic heterocycles. The summed E-state index contributed by atoms with van der Waals surface area (Å²) < 4.78 is 0. The van der Waals surface area contributed by atoms with Gasteiger partial charge in [-0.3, -0.25) is 20.2 Å². The van der Waals surface area contributed by atoms with Gasteiger partial charge >= 0.3 is 12.1 Å². The van der Waals surface area contributed by atoms with Gasteiger partial charge < -0.3 is 21.3 Å². The number of carbonyl (C=O) groups is 2. The van der Waals surface area contributed by atoms with Gasteiger partial charge in [0.1, 0.15) is 0 Å². The Hall–Kier alpha value is -4.22. The van der Waals surface area contributed by atoms with Crippen molar-refractivity contribution in [2.45, 2.75) is 18.9 Å². The molecule has 1 atom stereocenters. The van der Waals surface area contributed by atoms with Gasteiger partial charge in [0.25, 0.3) is 11.4 Å². The van der Waals surface area contributed by atoms with Gasteiger partial charge in [-0.2, -0.15) is 0 Å². The number of benzene rings is 2. The second-order valence-electron chi connectivity index (χ2n) is 6.99. The molecule has 0 bridgehead atoms. The molecule has 162 valence electrons. The minimum atomic E-state index is -0.563. The number of nitro groups is 2. The van der Waals surface area contributed by atoms with E-state index in [4.69, 9.17) is 0 Å². The first kappa shape index (κ1) is 21.5. The predicted octanol–water partition coefficient (Wildman–Crippen LogP) is 3.22. The van der Waals surface area contributed by atoms with E-state index in [1.165, 1.54) is 48.5 Å². The topological polar surface area (TPSA) is 169 Å². The molecule has 1 fully saturated rings. The molecule has 0 saturated heterocycles. The molecule has 2 aromatic carbocycles. The van der Waals surface area contributed by atoms with Gasteiger partial charge in [-0.25, -0.2) is 9.59 Å². The summed E-state index contributed by atoms with van der Waals surface area (Å²) in [5, 5.41) is 32.1. The third kappa shape index (κ3) is 6.39. The Bertz CT molecular complexity index is 1010. The summed E-state index contributed by atoms with van der Waals surface area (Å²) in [6, 6.07) is 9.65. The smallest absolute Gasteiger partial charge is 0.319 e. The average molecular weight is 428 g/mol. The molecule has 2 aromatic rings. The Balaban J connectivity index is 1.52. The van der Waals surface area contributed by atoms with Gasteiger partial charge in [-0.15, -0.1) is 0 Å². The highest BCUT2D eigenvalue weighted by atomic mass is 16.6.